The van der Waals surface area contributed by atoms with Gasteiger partial charge in [0.2, 0.25) is 5.75 Å². The van der Waals surface area contributed by atoms with E-state index in [9.17, 15) is 39.7 Å². The third-order valence-electron chi connectivity index (χ3n) is 2.92. The van der Waals surface area contributed by atoms with Gasteiger partial charge >= 0.3 is 12.4 Å². The zero-order valence-electron chi connectivity index (χ0n) is 11.9. The number of hydrogen-bond acceptors (Lipinski definition) is 2. The molecular formula is C13H8F8N2OS. The van der Waals surface area contributed by atoms with Crippen LogP contribution in [0, 0.1) is 0 Å². The van der Waals surface area contributed by atoms with Gasteiger partial charge in [-0.3, -0.25) is 0 Å². The molecule has 3 nitrogen and oxygen atoms in total. The molecule has 1 aromatic heterocycles. The monoisotopic (exact) mass is 392 g/mol. The predicted octanol–water partition coefficient (Wildman–Crippen LogP) is 4.50. The molecule has 0 bridgehead atoms. The van der Waals surface area contributed by atoms with Gasteiger partial charge < -0.3 is 4.55 Å². The summed E-state index contributed by atoms with van der Waals surface area (Å²) in [5, 5.41) is 3.18. The predicted molar refractivity (Wildman–Crippen MR) is 70.9 cm³/mol. The molecule has 0 amide bonds. The number of alkyl halides is 8. The molecular weight excluding hydrogens is 384 g/mol. The second kappa shape index (κ2) is 6.83. The van der Waals surface area contributed by atoms with Crippen molar-refractivity contribution in [3.05, 3.63) is 41.7 Å². The molecule has 2 rings (SSSR count). The Morgan fingerprint density at radius 3 is 2.20 bits per heavy atom. The van der Waals surface area contributed by atoms with Crippen molar-refractivity contribution in [3.8, 4) is 5.69 Å². The maximum atomic E-state index is 12.9. The summed E-state index contributed by atoms with van der Waals surface area (Å²) in [4.78, 5) is -0.811. The van der Waals surface area contributed by atoms with Crippen LogP contribution in [0.5, 0.6) is 0 Å². The van der Waals surface area contributed by atoms with Crippen LogP contribution >= 0.6 is 0 Å². The van der Waals surface area contributed by atoms with E-state index in [-0.39, 0.29) is 5.69 Å². The van der Waals surface area contributed by atoms with E-state index in [0.29, 0.717) is 22.9 Å². The molecule has 0 saturated carbocycles. The average molecular weight is 392 g/mol. The van der Waals surface area contributed by atoms with Gasteiger partial charge in [0, 0.05) is 12.3 Å². The van der Waals surface area contributed by atoms with E-state index in [1.165, 1.54) is 0 Å². The first-order chi connectivity index (χ1) is 11.4. The fourth-order valence-electron chi connectivity index (χ4n) is 1.89. The highest BCUT2D eigenvalue weighted by Crippen LogP contribution is 2.32. The van der Waals surface area contributed by atoms with E-state index in [4.69, 9.17) is 0 Å². The van der Waals surface area contributed by atoms with Gasteiger partial charge in [0.25, 0.3) is 6.43 Å². The molecule has 25 heavy (non-hydrogen) atoms. The fraction of sp³-hybridized carbons (Fsp3) is 0.308. The van der Waals surface area contributed by atoms with E-state index in [1.807, 2.05) is 0 Å². The van der Waals surface area contributed by atoms with E-state index < -0.39 is 51.9 Å². The van der Waals surface area contributed by atoms with Crippen LogP contribution in [0.3, 0.4) is 0 Å². The van der Waals surface area contributed by atoms with Crippen LogP contribution in [0.1, 0.15) is 17.7 Å². The molecule has 1 atom stereocenters. The number of benzene rings is 1. The SMILES string of the molecule is [O-][S+](CC(F)(F)F)c1cc(-n2ccc(C(F)(F)F)n2)ccc1C(F)F. The smallest absolute Gasteiger partial charge is 0.435 e. The lowest BCUT2D eigenvalue weighted by molar-refractivity contribution is -0.141. The van der Waals surface area contributed by atoms with Crippen LogP contribution < -0.4 is 0 Å². The summed E-state index contributed by atoms with van der Waals surface area (Å²) >= 11 is -2.85. The van der Waals surface area contributed by atoms with Gasteiger partial charge in [-0.15, -0.1) is 0 Å². The third-order valence-corrected chi connectivity index (χ3v) is 4.35. The highest BCUT2D eigenvalue weighted by molar-refractivity contribution is 7.91. The van der Waals surface area contributed by atoms with E-state index in [2.05, 4.69) is 5.10 Å². The summed E-state index contributed by atoms with van der Waals surface area (Å²) in [5.41, 5.74) is -2.40. The molecule has 0 radical (unpaired) electrons. The molecule has 0 aliphatic rings. The van der Waals surface area contributed by atoms with Crippen LogP contribution in [0.2, 0.25) is 0 Å². The van der Waals surface area contributed by atoms with Gasteiger partial charge in [0.05, 0.1) is 11.3 Å². The molecule has 0 fully saturated rings. The second-order valence-corrected chi connectivity index (χ2v) is 6.19. The Labute approximate surface area is 138 Å². The van der Waals surface area contributed by atoms with Crippen molar-refractivity contribution < 1.29 is 39.7 Å². The van der Waals surface area contributed by atoms with Gasteiger partial charge in [0.15, 0.2) is 10.6 Å². The van der Waals surface area contributed by atoms with Crippen molar-refractivity contribution in [1.82, 2.24) is 9.78 Å². The molecule has 138 valence electrons. The molecule has 0 saturated heterocycles. The van der Waals surface area contributed by atoms with Crippen molar-refractivity contribution in [2.24, 2.45) is 0 Å². The Balaban J connectivity index is 2.45. The lowest BCUT2D eigenvalue weighted by Crippen LogP contribution is -2.24. The van der Waals surface area contributed by atoms with Crippen molar-refractivity contribution >= 4 is 11.2 Å². The summed E-state index contributed by atoms with van der Waals surface area (Å²) < 4.78 is 113. The minimum Gasteiger partial charge on any atom is -0.611 e. The van der Waals surface area contributed by atoms with Gasteiger partial charge in [-0.2, -0.15) is 31.4 Å². The topological polar surface area (TPSA) is 40.9 Å². The first kappa shape index (κ1) is 19.5. The summed E-state index contributed by atoms with van der Waals surface area (Å²) in [6.07, 6.45) is -12.0. The molecule has 1 unspecified atom stereocenters. The van der Waals surface area contributed by atoms with Gasteiger partial charge in [-0.1, -0.05) is 0 Å². The molecule has 0 N–H and O–H groups in total. The van der Waals surface area contributed by atoms with Crippen molar-refractivity contribution in [2.45, 2.75) is 23.7 Å². The number of halogens is 8. The van der Waals surface area contributed by atoms with Gasteiger partial charge in [-0.25, -0.2) is 13.5 Å². The van der Waals surface area contributed by atoms with Crippen LogP contribution in [0.4, 0.5) is 35.1 Å². The first-order valence-corrected chi connectivity index (χ1v) is 7.71. The first-order valence-electron chi connectivity index (χ1n) is 6.39. The molecule has 2 aromatic rings. The Morgan fingerprint density at radius 1 is 1.08 bits per heavy atom. The van der Waals surface area contributed by atoms with Crippen LogP contribution in [-0.4, -0.2) is 26.3 Å². The summed E-state index contributed by atoms with van der Waals surface area (Å²) in [6, 6.07) is 2.96. The van der Waals surface area contributed by atoms with Crippen molar-refractivity contribution in [2.75, 3.05) is 5.75 Å². The Morgan fingerprint density at radius 2 is 1.72 bits per heavy atom. The zero-order valence-corrected chi connectivity index (χ0v) is 12.7. The quantitative estimate of drug-likeness (QED) is 0.568. The fourth-order valence-corrected chi connectivity index (χ4v) is 3.01. The van der Waals surface area contributed by atoms with Gasteiger partial charge in [-0.05, 0) is 29.4 Å². The lowest BCUT2D eigenvalue weighted by atomic mass is 10.2. The van der Waals surface area contributed by atoms with Crippen LogP contribution in [0.15, 0.2) is 35.4 Å². The van der Waals surface area contributed by atoms with Gasteiger partial charge in [0.1, 0.15) is 0 Å². The van der Waals surface area contributed by atoms with Crippen molar-refractivity contribution in [1.29, 1.82) is 0 Å². The maximum Gasteiger partial charge on any atom is 0.435 e. The number of hydrogen-bond donors (Lipinski definition) is 0. The Bertz CT molecular complexity index is 740. The minimum absolute atomic E-state index is 0.231. The minimum atomic E-state index is -4.87. The molecule has 1 heterocycles. The number of rotatable bonds is 4. The molecule has 0 aliphatic heterocycles. The number of aromatic nitrogens is 2. The van der Waals surface area contributed by atoms with E-state index in [1.54, 1.807) is 0 Å². The van der Waals surface area contributed by atoms with Crippen LogP contribution in [0.25, 0.3) is 5.69 Å². The molecule has 0 spiro atoms. The summed E-state index contributed by atoms with van der Waals surface area (Å²) in [5.74, 6) is -1.86. The lowest BCUT2D eigenvalue weighted by Gasteiger charge is -2.16. The summed E-state index contributed by atoms with van der Waals surface area (Å²) in [7, 11) is 0. The van der Waals surface area contributed by atoms with E-state index in [0.717, 1.165) is 12.3 Å². The largest absolute Gasteiger partial charge is 0.611 e. The van der Waals surface area contributed by atoms with E-state index >= 15 is 0 Å². The normalized spacial score (nSPS) is 14.2. The third kappa shape index (κ3) is 4.84. The van der Waals surface area contributed by atoms with Crippen molar-refractivity contribution in [3.63, 3.8) is 0 Å². The Hall–Kier alpha value is -1.82. The average Bonchev–Trinajstić information content (AvgIpc) is 2.94. The standard InChI is InChI=1S/C13H8F8N2OS/c14-11(15)8-2-1-7(5-9(8)25(24)6-12(16,17)18)23-4-3-10(22-23)13(19,20)21/h1-5,11H,6H2. The highest BCUT2D eigenvalue weighted by atomic mass is 32.2. The molecule has 12 heteroatoms. The van der Waals surface area contributed by atoms with Crippen LogP contribution in [-0.2, 0) is 17.4 Å². The zero-order chi connectivity index (χ0) is 19.0. The number of nitrogens with zero attached hydrogens (tertiary/aromatic N) is 2. The maximum absolute atomic E-state index is 12.9. The Kier molecular flexibility index (Phi) is 5.33. The molecule has 1 aromatic carbocycles. The molecule has 0 aliphatic carbocycles. The second-order valence-electron chi connectivity index (χ2n) is 4.77. The summed E-state index contributed by atoms with van der Waals surface area (Å²) in [6.45, 7) is 0. The highest BCUT2D eigenvalue weighted by Gasteiger charge is 2.38.